The van der Waals surface area contributed by atoms with Crippen molar-refractivity contribution in [2.45, 2.75) is 13.8 Å². The zero-order valence-corrected chi connectivity index (χ0v) is 18.8. The summed E-state index contributed by atoms with van der Waals surface area (Å²) in [5.41, 5.74) is 2.49. The highest BCUT2D eigenvalue weighted by Crippen LogP contribution is 2.20. The van der Waals surface area contributed by atoms with E-state index < -0.39 is 0 Å². The van der Waals surface area contributed by atoms with Crippen molar-refractivity contribution in [3.8, 4) is 11.4 Å². The van der Waals surface area contributed by atoms with E-state index in [0.717, 1.165) is 18.7 Å². The van der Waals surface area contributed by atoms with Gasteiger partial charge in [0.05, 0.1) is 16.6 Å². The third-order valence-electron chi connectivity index (χ3n) is 5.63. The molecule has 2 aromatic carbocycles. The number of aryl methyl sites for hydroxylation is 1. The van der Waals surface area contributed by atoms with E-state index in [1.54, 1.807) is 47.9 Å². The average molecular weight is 433 g/mol. The number of hydrogen-bond acceptors (Lipinski definition) is 5. The van der Waals surface area contributed by atoms with Gasteiger partial charge in [0.25, 0.3) is 11.5 Å². The summed E-state index contributed by atoms with van der Waals surface area (Å²) in [6.07, 6.45) is 0. The summed E-state index contributed by atoms with van der Waals surface area (Å²) in [7, 11) is 2.05. The minimum Gasteiger partial charge on any atom is -0.489 e. The number of rotatable bonds is 5. The molecule has 1 aromatic heterocycles. The summed E-state index contributed by atoms with van der Waals surface area (Å²) >= 11 is 0. The Hall–Kier alpha value is -3.45. The van der Waals surface area contributed by atoms with Crippen LogP contribution < -0.4 is 10.3 Å². The van der Waals surface area contributed by atoms with Crippen molar-refractivity contribution in [3.63, 3.8) is 0 Å². The van der Waals surface area contributed by atoms with E-state index in [1.165, 1.54) is 0 Å². The third-order valence-corrected chi connectivity index (χ3v) is 5.63. The molecule has 7 heteroatoms. The number of hydrogen-bond donors (Lipinski definition) is 0. The fourth-order valence-electron chi connectivity index (χ4n) is 3.85. The van der Waals surface area contributed by atoms with Crippen LogP contribution in [0.2, 0.25) is 0 Å². The number of ether oxygens (including phenoxy) is 1. The minimum absolute atomic E-state index is 0.0186. The molecule has 0 radical (unpaired) electrons. The van der Waals surface area contributed by atoms with E-state index in [9.17, 15) is 9.59 Å². The molecule has 4 rings (SSSR count). The first kappa shape index (κ1) is 21.8. The van der Waals surface area contributed by atoms with E-state index in [2.05, 4.69) is 23.5 Å². The molecule has 0 atom stereocenters. The molecule has 0 unspecified atom stereocenters. The lowest BCUT2D eigenvalue weighted by molar-refractivity contribution is 0.0664. The zero-order valence-electron chi connectivity index (χ0n) is 18.8. The first-order valence-corrected chi connectivity index (χ1v) is 10.7. The fourth-order valence-corrected chi connectivity index (χ4v) is 3.85. The summed E-state index contributed by atoms with van der Waals surface area (Å²) in [6.45, 7) is 11.0. The van der Waals surface area contributed by atoms with Gasteiger partial charge in [-0.1, -0.05) is 12.6 Å². The molecule has 0 aliphatic carbocycles. The van der Waals surface area contributed by atoms with Crippen LogP contribution >= 0.6 is 0 Å². The maximum Gasteiger partial charge on any atom is 0.266 e. The van der Waals surface area contributed by atoms with Gasteiger partial charge in [0.15, 0.2) is 0 Å². The molecule has 1 aliphatic rings. The summed E-state index contributed by atoms with van der Waals surface area (Å²) < 4.78 is 7.25. The Morgan fingerprint density at radius 1 is 1.12 bits per heavy atom. The quantitative estimate of drug-likeness (QED) is 0.580. The fraction of sp³-hybridized carbons (Fsp3) is 0.320. The standard InChI is InChI=1S/C25H28N4O3/c1-17(2)16-32-21-8-9-23-22(15-21)25(31)29(18(3)26-23)20-7-5-6-19(14-20)24(30)28-12-10-27(4)11-13-28/h5-9,14-15H,1,10-13,16H2,2-4H3. The number of aromatic nitrogens is 2. The molecule has 32 heavy (non-hydrogen) atoms. The monoisotopic (exact) mass is 432 g/mol. The summed E-state index contributed by atoms with van der Waals surface area (Å²) in [5.74, 6) is 1.13. The van der Waals surface area contributed by atoms with Crippen LogP contribution in [0.15, 0.2) is 59.4 Å². The smallest absolute Gasteiger partial charge is 0.266 e. The van der Waals surface area contributed by atoms with Crippen LogP contribution in [-0.4, -0.2) is 65.1 Å². The van der Waals surface area contributed by atoms with Crippen LogP contribution in [0.1, 0.15) is 23.1 Å². The van der Waals surface area contributed by atoms with Crippen molar-refractivity contribution in [2.24, 2.45) is 0 Å². The van der Waals surface area contributed by atoms with E-state index in [-0.39, 0.29) is 11.5 Å². The number of nitrogens with zero attached hydrogens (tertiary/aromatic N) is 4. The molecule has 1 saturated heterocycles. The van der Waals surface area contributed by atoms with Gasteiger partial charge in [0.2, 0.25) is 0 Å². The molecule has 0 bridgehead atoms. The second-order valence-corrected chi connectivity index (χ2v) is 8.37. The van der Waals surface area contributed by atoms with Crippen molar-refractivity contribution in [2.75, 3.05) is 39.8 Å². The van der Waals surface area contributed by atoms with Crippen molar-refractivity contribution < 1.29 is 9.53 Å². The molecular formula is C25H28N4O3. The number of carbonyl (C=O) groups is 1. The van der Waals surface area contributed by atoms with Crippen molar-refractivity contribution in [1.29, 1.82) is 0 Å². The molecule has 0 N–H and O–H groups in total. The molecule has 3 aromatic rings. The van der Waals surface area contributed by atoms with Crippen LogP contribution in [0.5, 0.6) is 5.75 Å². The topological polar surface area (TPSA) is 67.7 Å². The van der Waals surface area contributed by atoms with Crippen LogP contribution in [0.25, 0.3) is 16.6 Å². The van der Waals surface area contributed by atoms with Crippen LogP contribution in [0.4, 0.5) is 0 Å². The first-order valence-electron chi connectivity index (χ1n) is 10.7. The second-order valence-electron chi connectivity index (χ2n) is 8.37. The molecule has 166 valence electrons. The molecule has 1 amide bonds. The maximum absolute atomic E-state index is 13.4. The minimum atomic E-state index is -0.197. The van der Waals surface area contributed by atoms with Gasteiger partial charge in [0, 0.05) is 31.7 Å². The number of benzene rings is 2. The number of piperazine rings is 1. The Morgan fingerprint density at radius 2 is 1.88 bits per heavy atom. The number of amides is 1. The summed E-state index contributed by atoms with van der Waals surface area (Å²) in [6, 6.07) is 12.5. The highest BCUT2D eigenvalue weighted by molar-refractivity contribution is 5.95. The van der Waals surface area contributed by atoms with Gasteiger partial charge in [0.1, 0.15) is 18.2 Å². The zero-order chi connectivity index (χ0) is 22.8. The highest BCUT2D eigenvalue weighted by Gasteiger charge is 2.21. The van der Waals surface area contributed by atoms with E-state index in [0.29, 0.717) is 53.4 Å². The lowest BCUT2D eigenvalue weighted by Gasteiger charge is -2.32. The molecular weight excluding hydrogens is 404 g/mol. The Labute approximate surface area is 187 Å². The predicted molar refractivity (Wildman–Crippen MR) is 126 cm³/mol. The first-order chi connectivity index (χ1) is 15.3. The summed E-state index contributed by atoms with van der Waals surface area (Å²) in [5, 5.41) is 0.464. The predicted octanol–water partition coefficient (Wildman–Crippen LogP) is 3.04. The Balaban J connectivity index is 1.71. The molecule has 1 aliphatic heterocycles. The van der Waals surface area contributed by atoms with E-state index in [4.69, 9.17) is 4.74 Å². The Morgan fingerprint density at radius 3 is 2.59 bits per heavy atom. The second kappa shape index (κ2) is 8.96. The van der Waals surface area contributed by atoms with Crippen molar-refractivity contribution in [3.05, 3.63) is 76.4 Å². The molecule has 7 nitrogen and oxygen atoms in total. The van der Waals surface area contributed by atoms with E-state index >= 15 is 0 Å². The summed E-state index contributed by atoms with van der Waals surface area (Å²) in [4.78, 5) is 35.1. The molecule has 0 saturated carbocycles. The van der Waals surface area contributed by atoms with Crippen LogP contribution in [0.3, 0.4) is 0 Å². The van der Waals surface area contributed by atoms with Gasteiger partial charge < -0.3 is 14.5 Å². The largest absolute Gasteiger partial charge is 0.489 e. The number of likely N-dealkylation sites (N-methyl/N-ethyl adjacent to an activating group) is 1. The van der Waals surface area contributed by atoms with Gasteiger partial charge in [-0.25, -0.2) is 4.98 Å². The van der Waals surface area contributed by atoms with Crippen molar-refractivity contribution >= 4 is 16.8 Å². The van der Waals surface area contributed by atoms with Crippen LogP contribution in [0, 0.1) is 6.92 Å². The molecule has 1 fully saturated rings. The molecule has 2 heterocycles. The lowest BCUT2D eigenvalue weighted by atomic mass is 10.1. The normalized spacial score (nSPS) is 14.5. The van der Waals surface area contributed by atoms with Gasteiger partial charge in [-0.3, -0.25) is 14.2 Å². The Bertz CT molecular complexity index is 1240. The SMILES string of the molecule is C=C(C)COc1ccc2nc(C)n(-c3cccc(C(=O)N4CCN(C)CC4)c3)c(=O)c2c1. The third kappa shape index (κ3) is 4.43. The van der Waals surface area contributed by atoms with Crippen molar-refractivity contribution in [1.82, 2.24) is 19.4 Å². The van der Waals surface area contributed by atoms with Gasteiger partial charge in [-0.05, 0) is 62.9 Å². The number of carbonyl (C=O) groups excluding carboxylic acids is 1. The maximum atomic E-state index is 13.4. The van der Waals surface area contributed by atoms with Gasteiger partial charge in [-0.15, -0.1) is 0 Å². The van der Waals surface area contributed by atoms with E-state index in [1.807, 2.05) is 17.9 Å². The van der Waals surface area contributed by atoms with Gasteiger partial charge in [-0.2, -0.15) is 0 Å². The van der Waals surface area contributed by atoms with Crippen LogP contribution in [-0.2, 0) is 0 Å². The number of fused-ring (bicyclic) bond motifs is 1. The lowest BCUT2D eigenvalue weighted by Crippen LogP contribution is -2.47. The molecule has 0 spiro atoms. The average Bonchev–Trinajstić information content (AvgIpc) is 2.78. The Kier molecular flexibility index (Phi) is 6.10. The highest BCUT2D eigenvalue weighted by atomic mass is 16.5. The van der Waals surface area contributed by atoms with Gasteiger partial charge >= 0.3 is 0 Å².